The molecule has 0 bridgehead atoms. The van der Waals surface area contributed by atoms with E-state index >= 15 is 0 Å². The van der Waals surface area contributed by atoms with Crippen molar-refractivity contribution in [2.75, 3.05) is 11.9 Å². The Bertz CT molecular complexity index is 763. The summed E-state index contributed by atoms with van der Waals surface area (Å²) in [5.41, 5.74) is 0.449. The molecular formula is C15H11IN2O5. The molecule has 2 rings (SSSR count). The summed E-state index contributed by atoms with van der Waals surface area (Å²) in [4.78, 5) is 32.9. The molecule has 8 heteroatoms. The van der Waals surface area contributed by atoms with Gasteiger partial charge in [-0.25, -0.2) is 0 Å². The number of anilines is 1. The van der Waals surface area contributed by atoms with E-state index in [0.717, 1.165) is 9.64 Å². The van der Waals surface area contributed by atoms with Crippen LogP contribution < -0.4 is 10.1 Å². The number of non-ortho nitro benzene ring substituents is 1. The maximum Gasteiger partial charge on any atom is 0.270 e. The van der Waals surface area contributed by atoms with Crippen LogP contribution in [0.3, 0.4) is 0 Å². The summed E-state index contributed by atoms with van der Waals surface area (Å²) in [6, 6.07) is 10.8. The molecule has 118 valence electrons. The number of aldehydes is 1. The molecule has 0 saturated heterocycles. The van der Waals surface area contributed by atoms with Crippen LogP contribution in [0.15, 0.2) is 42.5 Å². The first-order valence-electron chi connectivity index (χ1n) is 6.42. The number of amides is 1. The number of nitro benzene ring substituents is 1. The van der Waals surface area contributed by atoms with Crippen molar-refractivity contribution in [2.45, 2.75) is 0 Å². The van der Waals surface area contributed by atoms with E-state index < -0.39 is 10.8 Å². The van der Waals surface area contributed by atoms with E-state index in [9.17, 15) is 19.7 Å². The van der Waals surface area contributed by atoms with Crippen LogP contribution in [0.2, 0.25) is 0 Å². The fourth-order valence-corrected chi connectivity index (χ4v) is 2.29. The van der Waals surface area contributed by atoms with Crippen LogP contribution in [0, 0.1) is 13.7 Å². The van der Waals surface area contributed by atoms with Crippen molar-refractivity contribution in [1.82, 2.24) is 0 Å². The molecule has 0 aromatic heterocycles. The molecule has 0 fully saturated rings. The van der Waals surface area contributed by atoms with Crippen molar-refractivity contribution in [3.63, 3.8) is 0 Å². The van der Waals surface area contributed by atoms with Gasteiger partial charge in [0.1, 0.15) is 5.75 Å². The van der Waals surface area contributed by atoms with E-state index in [4.69, 9.17) is 4.74 Å². The number of carbonyl (C=O) groups is 2. The number of nitro groups is 1. The average molecular weight is 426 g/mol. The Labute approximate surface area is 144 Å². The molecule has 0 spiro atoms. The summed E-state index contributed by atoms with van der Waals surface area (Å²) in [6.07, 6.45) is 0.445. The maximum atomic E-state index is 11.9. The number of carbonyl (C=O) groups excluding carboxylic acids is 2. The zero-order valence-corrected chi connectivity index (χ0v) is 13.8. The first-order chi connectivity index (χ1) is 11.0. The lowest BCUT2D eigenvalue weighted by Gasteiger charge is -2.10. The van der Waals surface area contributed by atoms with Gasteiger partial charge in [0.05, 0.1) is 16.2 Å². The Morgan fingerprint density at radius 1 is 1.30 bits per heavy atom. The second-order valence-electron chi connectivity index (χ2n) is 4.41. The van der Waals surface area contributed by atoms with Gasteiger partial charge >= 0.3 is 0 Å². The standard InChI is InChI=1S/C15H11IN2O5/c16-12-3-1-2-4-13(12)17-15(20)9-23-14-6-5-11(18(21)22)7-10(14)8-19/h1-8H,9H2,(H,17,20). The van der Waals surface area contributed by atoms with Gasteiger partial charge in [0, 0.05) is 15.7 Å². The lowest BCUT2D eigenvalue weighted by atomic mass is 10.2. The fourth-order valence-electron chi connectivity index (χ4n) is 1.77. The fraction of sp³-hybridized carbons (Fsp3) is 0.0667. The molecule has 1 amide bonds. The largest absolute Gasteiger partial charge is 0.483 e. The number of benzene rings is 2. The monoisotopic (exact) mass is 426 g/mol. The third-order valence-electron chi connectivity index (χ3n) is 2.84. The lowest BCUT2D eigenvalue weighted by molar-refractivity contribution is -0.384. The number of halogens is 1. The molecule has 0 atom stereocenters. The van der Waals surface area contributed by atoms with E-state index in [0.29, 0.717) is 12.0 Å². The van der Waals surface area contributed by atoms with E-state index in [-0.39, 0.29) is 23.6 Å². The highest BCUT2D eigenvalue weighted by Gasteiger charge is 2.13. The topological polar surface area (TPSA) is 98.5 Å². The van der Waals surface area contributed by atoms with Gasteiger partial charge in [-0.2, -0.15) is 0 Å². The Morgan fingerprint density at radius 3 is 2.70 bits per heavy atom. The molecule has 1 N–H and O–H groups in total. The predicted octanol–water partition coefficient (Wildman–Crippen LogP) is 3.03. The van der Waals surface area contributed by atoms with Gasteiger partial charge < -0.3 is 10.1 Å². The van der Waals surface area contributed by atoms with Crippen molar-refractivity contribution in [3.05, 3.63) is 61.7 Å². The number of nitrogens with one attached hydrogen (secondary N) is 1. The predicted molar refractivity (Wildman–Crippen MR) is 91.8 cm³/mol. The third kappa shape index (κ3) is 4.49. The lowest BCUT2D eigenvalue weighted by Crippen LogP contribution is -2.21. The molecular weight excluding hydrogens is 415 g/mol. The Hall–Kier alpha value is -2.49. The highest BCUT2D eigenvalue weighted by Crippen LogP contribution is 2.23. The SMILES string of the molecule is O=Cc1cc([N+](=O)[O-])ccc1OCC(=O)Nc1ccccc1I. The molecule has 2 aromatic carbocycles. The van der Waals surface area contributed by atoms with Crippen LogP contribution in [-0.4, -0.2) is 23.7 Å². The van der Waals surface area contributed by atoms with Crippen LogP contribution in [0.1, 0.15) is 10.4 Å². The summed E-state index contributed by atoms with van der Waals surface area (Å²) in [5.74, 6) is -0.284. The van der Waals surface area contributed by atoms with Crippen LogP contribution in [0.25, 0.3) is 0 Å². The van der Waals surface area contributed by atoms with Gasteiger partial charge in [-0.05, 0) is 40.8 Å². The summed E-state index contributed by atoms with van der Waals surface area (Å²) in [5, 5.41) is 13.3. The molecule has 0 unspecified atom stereocenters. The number of ether oxygens (including phenoxy) is 1. The Kier molecular flexibility index (Phi) is 5.63. The van der Waals surface area contributed by atoms with Crippen molar-refractivity contribution in [2.24, 2.45) is 0 Å². The van der Waals surface area contributed by atoms with Crippen molar-refractivity contribution in [1.29, 1.82) is 0 Å². The molecule has 23 heavy (non-hydrogen) atoms. The zero-order valence-electron chi connectivity index (χ0n) is 11.7. The summed E-state index contributed by atoms with van der Waals surface area (Å²) < 4.78 is 6.15. The number of rotatable bonds is 6. The van der Waals surface area contributed by atoms with Gasteiger partial charge in [-0.3, -0.25) is 19.7 Å². The normalized spacial score (nSPS) is 9.96. The summed E-state index contributed by atoms with van der Waals surface area (Å²) in [6.45, 7) is -0.316. The van der Waals surface area contributed by atoms with Crippen molar-refractivity contribution >= 4 is 46.2 Å². The third-order valence-corrected chi connectivity index (χ3v) is 3.78. The first-order valence-corrected chi connectivity index (χ1v) is 7.50. The van der Waals surface area contributed by atoms with Crippen LogP contribution in [0.5, 0.6) is 5.75 Å². The van der Waals surface area contributed by atoms with Crippen LogP contribution >= 0.6 is 22.6 Å². The molecule has 0 saturated carbocycles. The summed E-state index contributed by atoms with van der Waals surface area (Å²) in [7, 11) is 0. The number of hydrogen-bond acceptors (Lipinski definition) is 5. The van der Waals surface area contributed by atoms with E-state index in [2.05, 4.69) is 27.9 Å². The number of para-hydroxylation sites is 1. The van der Waals surface area contributed by atoms with E-state index in [1.807, 2.05) is 12.1 Å². The minimum atomic E-state index is -0.610. The summed E-state index contributed by atoms with van der Waals surface area (Å²) >= 11 is 2.09. The maximum absolute atomic E-state index is 11.9. The quantitative estimate of drug-likeness (QED) is 0.332. The Morgan fingerprint density at radius 2 is 2.04 bits per heavy atom. The van der Waals surface area contributed by atoms with Gasteiger partial charge in [-0.15, -0.1) is 0 Å². The molecule has 0 aliphatic rings. The van der Waals surface area contributed by atoms with Crippen molar-refractivity contribution < 1.29 is 19.2 Å². The smallest absolute Gasteiger partial charge is 0.270 e. The van der Waals surface area contributed by atoms with Gasteiger partial charge in [0.2, 0.25) is 0 Å². The van der Waals surface area contributed by atoms with Gasteiger partial charge in [0.25, 0.3) is 11.6 Å². The first kappa shape index (κ1) is 16.9. The van der Waals surface area contributed by atoms with Crippen LogP contribution in [0.4, 0.5) is 11.4 Å². The second-order valence-corrected chi connectivity index (χ2v) is 5.58. The molecule has 7 nitrogen and oxygen atoms in total. The van der Waals surface area contributed by atoms with Crippen molar-refractivity contribution in [3.8, 4) is 5.75 Å². The Balaban J connectivity index is 2.03. The molecule has 0 aliphatic heterocycles. The zero-order chi connectivity index (χ0) is 16.8. The molecule has 0 radical (unpaired) electrons. The van der Waals surface area contributed by atoms with E-state index in [1.54, 1.807) is 12.1 Å². The highest BCUT2D eigenvalue weighted by atomic mass is 127. The van der Waals surface area contributed by atoms with E-state index in [1.165, 1.54) is 12.1 Å². The number of nitrogens with zero attached hydrogens (tertiary/aromatic N) is 1. The minimum Gasteiger partial charge on any atom is -0.483 e. The van der Waals surface area contributed by atoms with Gasteiger partial charge in [-0.1, -0.05) is 12.1 Å². The average Bonchev–Trinajstić information content (AvgIpc) is 2.54. The van der Waals surface area contributed by atoms with Crippen LogP contribution in [-0.2, 0) is 4.79 Å². The molecule has 0 aliphatic carbocycles. The number of hydrogen-bond donors (Lipinski definition) is 1. The molecule has 2 aromatic rings. The second kappa shape index (κ2) is 7.68. The highest BCUT2D eigenvalue weighted by molar-refractivity contribution is 14.1. The minimum absolute atomic E-state index is 0.0151. The molecule has 0 heterocycles. The van der Waals surface area contributed by atoms with Gasteiger partial charge in [0.15, 0.2) is 12.9 Å².